The summed E-state index contributed by atoms with van der Waals surface area (Å²) >= 11 is 0. The monoisotopic (exact) mass is 330 g/mol. The van der Waals surface area contributed by atoms with Crippen molar-refractivity contribution in [3.05, 3.63) is 29.8 Å². The van der Waals surface area contributed by atoms with Crippen LogP contribution in [0.1, 0.15) is 25.3 Å². The molecule has 0 aromatic heterocycles. The average Bonchev–Trinajstić information content (AvgIpc) is 3.00. The van der Waals surface area contributed by atoms with Crippen LogP contribution in [0.25, 0.3) is 0 Å². The summed E-state index contributed by atoms with van der Waals surface area (Å²) in [7, 11) is 2.20. The Morgan fingerprint density at radius 3 is 3.00 bits per heavy atom. The fourth-order valence-corrected chi connectivity index (χ4v) is 3.56. The molecule has 2 heterocycles. The van der Waals surface area contributed by atoms with E-state index in [1.807, 2.05) is 12.1 Å². The quantitative estimate of drug-likeness (QED) is 0.639. The van der Waals surface area contributed by atoms with Crippen LogP contribution in [0.15, 0.2) is 29.3 Å². The number of nitrogens with zero attached hydrogens (tertiary/aromatic N) is 2. The van der Waals surface area contributed by atoms with E-state index in [-0.39, 0.29) is 6.10 Å². The molecule has 0 spiro atoms. The molecule has 2 aliphatic heterocycles. The zero-order chi connectivity index (χ0) is 16.8. The van der Waals surface area contributed by atoms with E-state index in [0.29, 0.717) is 5.92 Å². The average molecular weight is 330 g/mol. The van der Waals surface area contributed by atoms with Crippen molar-refractivity contribution in [2.24, 2.45) is 10.9 Å². The third-order valence-electron chi connectivity index (χ3n) is 4.78. The molecule has 2 N–H and O–H groups in total. The maximum absolute atomic E-state index is 5.99. The molecule has 24 heavy (non-hydrogen) atoms. The van der Waals surface area contributed by atoms with Crippen molar-refractivity contribution in [2.75, 3.05) is 39.8 Å². The smallest absolute Gasteiger partial charge is 0.191 e. The minimum atomic E-state index is 0.187. The molecule has 2 aliphatic rings. The van der Waals surface area contributed by atoms with E-state index in [1.54, 1.807) is 0 Å². The molecule has 132 valence electrons. The van der Waals surface area contributed by atoms with Crippen LogP contribution in [0.4, 0.5) is 0 Å². The van der Waals surface area contributed by atoms with Crippen molar-refractivity contribution in [3.63, 3.8) is 0 Å². The van der Waals surface area contributed by atoms with E-state index >= 15 is 0 Å². The van der Waals surface area contributed by atoms with E-state index in [2.05, 4.69) is 41.6 Å². The number of aliphatic imine (C=N–C) groups is 1. The van der Waals surface area contributed by atoms with Gasteiger partial charge in [0.15, 0.2) is 5.96 Å². The lowest BCUT2D eigenvalue weighted by atomic mass is 9.99. The molecule has 1 saturated heterocycles. The maximum atomic E-state index is 5.99. The number of likely N-dealkylation sites (tertiary alicyclic amines) is 1. The van der Waals surface area contributed by atoms with Crippen LogP contribution in [0, 0.1) is 5.92 Å². The van der Waals surface area contributed by atoms with Gasteiger partial charge in [-0.25, -0.2) is 0 Å². The Bertz CT molecular complexity index is 535. The Balaban J connectivity index is 1.48. The van der Waals surface area contributed by atoms with Crippen LogP contribution in [0.5, 0.6) is 5.75 Å². The predicted molar refractivity (Wildman–Crippen MR) is 98.8 cm³/mol. The first-order chi connectivity index (χ1) is 11.7. The van der Waals surface area contributed by atoms with Crippen molar-refractivity contribution < 1.29 is 4.74 Å². The van der Waals surface area contributed by atoms with E-state index in [0.717, 1.165) is 44.3 Å². The van der Waals surface area contributed by atoms with Crippen molar-refractivity contribution in [3.8, 4) is 5.75 Å². The first-order valence-corrected chi connectivity index (χ1v) is 9.20. The highest BCUT2D eigenvalue weighted by atomic mass is 16.5. The lowest BCUT2D eigenvalue weighted by molar-refractivity contribution is 0.214. The van der Waals surface area contributed by atoms with Gasteiger partial charge in [0.1, 0.15) is 11.9 Å². The molecule has 3 rings (SSSR count). The number of hydrogen-bond donors (Lipinski definition) is 2. The van der Waals surface area contributed by atoms with Crippen molar-refractivity contribution >= 4 is 5.96 Å². The van der Waals surface area contributed by atoms with Crippen molar-refractivity contribution in [2.45, 2.75) is 32.3 Å². The number of ether oxygens (including phenoxy) is 1. The minimum absolute atomic E-state index is 0.187. The first-order valence-electron chi connectivity index (χ1n) is 9.20. The lowest BCUT2D eigenvalue weighted by Crippen LogP contribution is -2.43. The molecule has 0 saturated carbocycles. The second kappa shape index (κ2) is 8.38. The van der Waals surface area contributed by atoms with Crippen LogP contribution < -0.4 is 15.4 Å². The summed E-state index contributed by atoms with van der Waals surface area (Å²) < 4.78 is 5.99. The SMILES string of the molecule is CCNC(=NCC1CCCN(C)C1)NCC1Cc2ccccc2O1. The van der Waals surface area contributed by atoms with E-state index < -0.39 is 0 Å². The Morgan fingerprint density at radius 2 is 2.21 bits per heavy atom. The zero-order valence-electron chi connectivity index (χ0n) is 14.9. The number of rotatable bonds is 5. The summed E-state index contributed by atoms with van der Waals surface area (Å²) in [5, 5.41) is 6.80. The number of para-hydroxylation sites is 1. The highest BCUT2D eigenvalue weighted by Crippen LogP contribution is 2.27. The van der Waals surface area contributed by atoms with Gasteiger partial charge in [-0.1, -0.05) is 18.2 Å². The molecular formula is C19H30N4O. The Labute approximate surface area is 145 Å². The summed E-state index contributed by atoms with van der Waals surface area (Å²) in [6.45, 7) is 7.04. The van der Waals surface area contributed by atoms with Gasteiger partial charge in [-0.15, -0.1) is 0 Å². The molecule has 0 amide bonds. The molecule has 0 aliphatic carbocycles. The standard InChI is InChI=1S/C19H30N4O/c1-3-20-19(21-12-15-7-6-10-23(2)14-15)22-13-17-11-16-8-4-5-9-18(16)24-17/h4-5,8-9,15,17H,3,6-7,10-14H2,1-2H3,(H2,20,21,22). The number of benzene rings is 1. The van der Waals surface area contributed by atoms with Gasteiger partial charge in [0.2, 0.25) is 0 Å². The highest BCUT2D eigenvalue weighted by molar-refractivity contribution is 5.79. The topological polar surface area (TPSA) is 48.9 Å². The fraction of sp³-hybridized carbons (Fsp3) is 0.632. The Hall–Kier alpha value is -1.75. The van der Waals surface area contributed by atoms with Crippen molar-refractivity contribution in [1.82, 2.24) is 15.5 Å². The van der Waals surface area contributed by atoms with E-state index in [4.69, 9.17) is 9.73 Å². The summed E-state index contributed by atoms with van der Waals surface area (Å²) in [4.78, 5) is 7.20. The summed E-state index contributed by atoms with van der Waals surface area (Å²) in [6, 6.07) is 8.30. The molecular weight excluding hydrogens is 300 g/mol. The van der Waals surface area contributed by atoms with E-state index in [1.165, 1.54) is 24.9 Å². The third kappa shape index (κ3) is 4.63. The van der Waals surface area contributed by atoms with Gasteiger partial charge in [-0.3, -0.25) is 4.99 Å². The van der Waals surface area contributed by atoms with Crippen LogP contribution >= 0.6 is 0 Å². The second-order valence-corrected chi connectivity index (χ2v) is 6.92. The van der Waals surface area contributed by atoms with Gasteiger partial charge in [0.05, 0.1) is 6.54 Å². The largest absolute Gasteiger partial charge is 0.488 e. The van der Waals surface area contributed by atoms with Gasteiger partial charge in [-0.05, 0) is 50.9 Å². The summed E-state index contributed by atoms with van der Waals surface area (Å²) in [6.07, 6.45) is 3.73. The van der Waals surface area contributed by atoms with Gasteiger partial charge in [0.25, 0.3) is 0 Å². The summed E-state index contributed by atoms with van der Waals surface area (Å²) in [5.74, 6) is 2.60. The van der Waals surface area contributed by atoms with Gasteiger partial charge >= 0.3 is 0 Å². The van der Waals surface area contributed by atoms with Gasteiger partial charge in [-0.2, -0.15) is 0 Å². The lowest BCUT2D eigenvalue weighted by Gasteiger charge is -2.28. The van der Waals surface area contributed by atoms with Crippen LogP contribution in [0.2, 0.25) is 0 Å². The Kier molecular flexibility index (Phi) is 5.96. The maximum Gasteiger partial charge on any atom is 0.191 e. The second-order valence-electron chi connectivity index (χ2n) is 6.92. The van der Waals surface area contributed by atoms with Crippen molar-refractivity contribution in [1.29, 1.82) is 0 Å². The number of fused-ring (bicyclic) bond motifs is 1. The van der Waals surface area contributed by atoms with Crippen LogP contribution in [0.3, 0.4) is 0 Å². The molecule has 1 aromatic carbocycles. The number of piperidine rings is 1. The first kappa shape index (κ1) is 17.1. The number of nitrogens with one attached hydrogen (secondary N) is 2. The fourth-order valence-electron chi connectivity index (χ4n) is 3.56. The van der Waals surface area contributed by atoms with Gasteiger partial charge in [0, 0.05) is 26.1 Å². The highest BCUT2D eigenvalue weighted by Gasteiger charge is 2.22. The molecule has 1 aromatic rings. The molecule has 2 unspecified atom stereocenters. The summed E-state index contributed by atoms with van der Waals surface area (Å²) in [5.41, 5.74) is 1.30. The molecule has 0 radical (unpaired) electrons. The molecule has 5 nitrogen and oxygen atoms in total. The third-order valence-corrected chi connectivity index (χ3v) is 4.78. The van der Waals surface area contributed by atoms with Gasteiger partial charge < -0.3 is 20.3 Å². The molecule has 2 atom stereocenters. The van der Waals surface area contributed by atoms with Crippen LogP contribution in [-0.2, 0) is 6.42 Å². The van der Waals surface area contributed by atoms with Crippen LogP contribution in [-0.4, -0.2) is 56.7 Å². The minimum Gasteiger partial charge on any atom is -0.488 e. The molecule has 5 heteroatoms. The number of guanidine groups is 1. The predicted octanol–water partition coefficient (Wildman–Crippen LogP) is 1.89. The zero-order valence-corrected chi connectivity index (χ0v) is 14.9. The molecule has 1 fully saturated rings. The normalized spacial score (nSPS) is 24.3. The Morgan fingerprint density at radius 1 is 1.33 bits per heavy atom. The number of hydrogen-bond acceptors (Lipinski definition) is 3. The van der Waals surface area contributed by atoms with E-state index in [9.17, 15) is 0 Å². The molecule has 0 bridgehead atoms.